The van der Waals surface area contributed by atoms with Gasteiger partial charge in [-0.3, -0.25) is 9.78 Å². The summed E-state index contributed by atoms with van der Waals surface area (Å²) in [4.78, 5) is 18.7. The number of aromatic nitrogens is 1. The quantitative estimate of drug-likeness (QED) is 0.669. The summed E-state index contributed by atoms with van der Waals surface area (Å²) in [5, 5.41) is 1.97. The van der Waals surface area contributed by atoms with E-state index in [2.05, 4.69) is 11.9 Å². The van der Waals surface area contributed by atoms with Crippen LogP contribution in [0.1, 0.15) is 27.0 Å². The first-order valence-corrected chi connectivity index (χ1v) is 7.07. The maximum atomic E-state index is 12.6. The number of thiophene rings is 1. The number of benzene rings is 1. The lowest BCUT2D eigenvalue weighted by Crippen LogP contribution is -1.99. The Morgan fingerprint density at radius 3 is 2.89 bits per heavy atom. The van der Waals surface area contributed by atoms with Crippen molar-refractivity contribution < 1.29 is 4.79 Å². The topological polar surface area (TPSA) is 30.0 Å². The summed E-state index contributed by atoms with van der Waals surface area (Å²) < 4.78 is 0. The highest BCUT2D eigenvalue weighted by Gasteiger charge is 2.14. The Balaban J connectivity index is 2.11. The van der Waals surface area contributed by atoms with Crippen LogP contribution >= 0.6 is 11.3 Å². The largest absolute Gasteiger partial charge is 0.288 e. The first-order chi connectivity index (χ1) is 9.29. The van der Waals surface area contributed by atoms with E-state index < -0.39 is 0 Å². The normalized spacial score (nSPS) is 10.8. The fourth-order valence-electron chi connectivity index (χ4n) is 2.13. The molecule has 0 saturated carbocycles. The highest BCUT2D eigenvalue weighted by molar-refractivity contribution is 7.14. The molecule has 0 aliphatic rings. The summed E-state index contributed by atoms with van der Waals surface area (Å²) in [6, 6.07) is 11.7. The smallest absolute Gasteiger partial charge is 0.203 e. The van der Waals surface area contributed by atoms with Gasteiger partial charge in [-0.25, -0.2) is 0 Å². The zero-order valence-electron chi connectivity index (χ0n) is 10.6. The van der Waals surface area contributed by atoms with Crippen LogP contribution in [0.25, 0.3) is 10.8 Å². The molecule has 19 heavy (non-hydrogen) atoms. The third kappa shape index (κ3) is 2.17. The Morgan fingerprint density at radius 1 is 1.21 bits per heavy atom. The zero-order chi connectivity index (χ0) is 13.2. The first-order valence-electron chi connectivity index (χ1n) is 6.25. The highest BCUT2D eigenvalue weighted by Crippen LogP contribution is 2.24. The van der Waals surface area contributed by atoms with Gasteiger partial charge in [0.05, 0.1) is 4.88 Å². The van der Waals surface area contributed by atoms with Gasteiger partial charge >= 0.3 is 0 Å². The monoisotopic (exact) mass is 267 g/mol. The molecule has 0 radical (unpaired) electrons. The number of hydrogen-bond acceptors (Lipinski definition) is 3. The fraction of sp³-hybridized carbons (Fsp3) is 0.125. The second-order valence-corrected chi connectivity index (χ2v) is 5.52. The third-order valence-electron chi connectivity index (χ3n) is 3.16. The van der Waals surface area contributed by atoms with E-state index in [-0.39, 0.29) is 5.78 Å². The van der Waals surface area contributed by atoms with Gasteiger partial charge in [-0.05, 0) is 30.0 Å². The molecular formula is C16H13NOS. The van der Waals surface area contributed by atoms with E-state index in [1.165, 1.54) is 4.88 Å². The summed E-state index contributed by atoms with van der Waals surface area (Å²) in [5.74, 6) is 0.0864. The predicted octanol–water partition coefficient (Wildman–Crippen LogP) is 4.09. The maximum absolute atomic E-state index is 12.6. The highest BCUT2D eigenvalue weighted by atomic mass is 32.1. The van der Waals surface area contributed by atoms with Crippen molar-refractivity contribution in [3.05, 3.63) is 64.1 Å². The first kappa shape index (κ1) is 12.1. The maximum Gasteiger partial charge on any atom is 0.203 e. The van der Waals surface area contributed by atoms with Crippen molar-refractivity contribution in [3.8, 4) is 0 Å². The lowest BCUT2D eigenvalue weighted by molar-refractivity contribution is 0.104. The predicted molar refractivity (Wildman–Crippen MR) is 78.9 cm³/mol. The van der Waals surface area contributed by atoms with E-state index in [9.17, 15) is 4.79 Å². The third-order valence-corrected chi connectivity index (χ3v) is 4.39. The van der Waals surface area contributed by atoms with Crippen LogP contribution in [0, 0.1) is 0 Å². The lowest BCUT2D eigenvalue weighted by Gasteiger charge is -2.03. The second-order valence-electron chi connectivity index (χ2n) is 4.35. The van der Waals surface area contributed by atoms with Gasteiger partial charge < -0.3 is 0 Å². The van der Waals surface area contributed by atoms with Crippen LogP contribution in [0.15, 0.2) is 48.8 Å². The summed E-state index contributed by atoms with van der Waals surface area (Å²) >= 11 is 1.57. The van der Waals surface area contributed by atoms with Crippen molar-refractivity contribution >= 4 is 27.9 Å². The minimum Gasteiger partial charge on any atom is -0.288 e. The Kier molecular flexibility index (Phi) is 3.13. The summed E-state index contributed by atoms with van der Waals surface area (Å²) in [6.07, 6.45) is 4.48. The van der Waals surface area contributed by atoms with Crippen LogP contribution < -0.4 is 0 Å². The van der Waals surface area contributed by atoms with Gasteiger partial charge in [0.15, 0.2) is 0 Å². The molecule has 0 aliphatic heterocycles. The van der Waals surface area contributed by atoms with Crippen LogP contribution in [0.2, 0.25) is 0 Å². The molecule has 3 aromatic rings. The van der Waals surface area contributed by atoms with Gasteiger partial charge in [0.2, 0.25) is 5.78 Å². The van der Waals surface area contributed by atoms with E-state index in [4.69, 9.17) is 0 Å². The lowest BCUT2D eigenvalue weighted by atomic mass is 10.0. The van der Waals surface area contributed by atoms with E-state index in [0.717, 1.165) is 27.6 Å². The van der Waals surface area contributed by atoms with E-state index in [1.807, 2.05) is 36.4 Å². The molecule has 94 valence electrons. The molecule has 0 fully saturated rings. The summed E-state index contributed by atoms with van der Waals surface area (Å²) in [5.41, 5.74) is 0.732. The van der Waals surface area contributed by atoms with Crippen molar-refractivity contribution in [3.63, 3.8) is 0 Å². The molecule has 0 spiro atoms. The van der Waals surface area contributed by atoms with Crippen LogP contribution in [0.4, 0.5) is 0 Å². The molecule has 3 rings (SSSR count). The molecule has 2 heterocycles. The van der Waals surface area contributed by atoms with Crippen molar-refractivity contribution in [2.75, 3.05) is 0 Å². The minimum absolute atomic E-state index is 0.0864. The minimum atomic E-state index is 0.0864. The molecule has 2 nitrogen and oxygen atoms in total. The van der Waals surface area contributed by atoms with Gasteiger partial charge in [-0.1, -0.05) is 25.1 Å². The van der Waals surface area contributed by atoms with Crippen molar-refractivity contribution in [1.82, 2.24) is 4.98 Å². The van der Waals surface area contributed by atoms with E-state index in [0.29, 0.717) is 0 Å². The van der Waals surface area contributed by atoms with Gasteiger partial charge in [0.1, 0.15) is 0 Å². The molecule has 0 saturated heterocycles. The molecule has 0 N–H and O–H groups in total. The van der Waals surface area contributed by atoms with Gasteiger partial charge in [0, 0.05) is 28.2 Å². The number of rotatable bonds is 3. The Labute approximate surface area is 115 Å². The van der Waals surface area contributed by atoms with Crippen LogP contribution in [0.3, 0.4) is 0 Å². The SMILES string of the molecule is CCc1ccc(C(=O)c2cccc3ccncc23)s1. The Morgan fingerprint density at radius 2 is 2.11 bits per heavy atom. The number of aryl methyl sites for hydroxylation is 1. The standard InChI is InChI=1S/C16H13NOS/c1-2-12-6-7-15(19-12)16(18)13-5-3-4-11-8-9-17-10-14(11)13/h3-10H,2H2,1H3. The zero-order valence-corrected chi connectivity index (χ0v) is 11.4. The average Bonchev–Trinajstić information content (AvgIpc) is 2.95. The number of hydrogen-bond donors (Lipinski definition) is 0. The molecule has 1 aromatic carbocycles. The van der Waals surface area contributed by atoms with E-state index in [1.54, 1.807) is 23.7 Å². The van der Waals surface area contributed by atoms with Gasteiger partial charge in [-0.2, -0.15) is 0 Å². The number of pyridine rings is 1. The number of fused-ring (bicyclic) bond motifs is 1. The molecule has 0 atom stereocenters. The van der Waals surface area contributed by atoms with Crippen LogP contribution in [-0.4, -0.2) is 10.8 Å². The number of carbonyl (C=O) groups is 1. The Hall–Kier alpha value is -2.00. The van der Waals surface area contributed by atoms with E-state index >= 15 is 0 Å². The van der Waals surface area contributed by atoms with Gasteiger partial charge in [0.25, 0.3) is 0 Å². The summed E-state index contributed by atoms with van der Waals surface area (Å²) in [6.45, 7) is 2.10. The summed E-state index contributed by atoms with van der Waals surface area (Å²) in [7, 11) is 0. The molecule has 3 heteroatoms. The molecule has 2 aromatic heterocycles. The second kappa shape index (κ2) is 4.94. The van der Waals surface area contributed by atoms with Crippen LogP contribution in [-0.2, 0) is 6.42 Å². The van der Waals surface area contributed by atoms with Crippen LogP contribution in [0.5, 0.6) is 0 Å². The molecule has 0 bridgehead atoms. The number of ketones is 1. The van der Waals surface area contributed by atoms with Crippen molar-refractivity contribution in [2.45, 2.75) is 13.3 Å². The number of carbonyl (C=O) groups excluding carboxylic acids is 1. The van der Waals surface area contributed by atoms with Crippen molar-refractivity contribution in [1.29, 1.82) is 0 Å². The molecule has 0 aliphatic carbocycles. The number of nitrogens with zero attached hydrogens (tertiary/aromatic N) is 1. The average molecular weight is 267 g/mol. The fourth-order valence-corrected chi connectivity index (χ4v) is 3.04. The van der Waals surface area contributed by atoms with Crippen molar-refractivity contribution in [2.24, 2.45) is 0 Å². The Bertz CT molecular complexity index is 740. The molecular weight excluding hydrogens is 254 g/mol. The van der Waals surface area contributed by atoms with Gasteiger partial charge in [-0.15, -0.1) is 11.3 Å². The molecule has 0 unspecified atom stereocenters. The molecule has 0 amide bonds.